The topological polar surface area (TPSA) is 61.4 Å². The maximum Gasteiger partial charge on any atom is 0.322 e. The molecular weight excluding hydrogens is 242 g/mol. The Morgan fingerprint density at radius 1 is 1.26 bits per heavy atom. The molecule has 3 saturated heterocycles. The zero-order chi connectivity index (χ0) is 13.5. The highest BCUT2D eigenvalue weighted by Crippen LogP contribution is 2.40. The molecule has 0 saturated carbocycles. The largest absolute Gasteiger partial charge is 0.323 e. The average molecular weight is 265 g/mol. The van der Waals surface area contributed by atoms with E-state index in [1.807, 2.05) is 0 Å². The van der Waals surface area contributed by atoms with Crippen LogP contribution in [0.4, 0.5) is 4.79 Å². The molecule has 3 amide bonds. The summed E-state index contributed by atoms with van der Waals surface area (Å²) in [5, 5.41) is 5.32. The third-order valence-electron chi connectivity index (χ3n) is 4.97. The number of nitrogens with one attached hydrogen (secondary N) is 2. The Balaban J connectivity index is 1.78. The number of hydrogen-bond donors (Lipinski definition) is 2. The summed E-state index contributed by atoms with van der Waals surface area (Å²) in [5.74, 6) is -0.107. The number of fused-ring (bicyclic) bond motifs is 2. The van der Waals surface area contributed by atoms with Crippen LogP contribution in [0.25, 0.3) is 0 Å². The molecular formula is C14H23N3O2. The van der Waals surface area contributed by atoms with Crippen LogP contribution in [0.5, 0.6) is 0 Å². The van der Waals surface area contributed by atoms with Crippen LogP contribution < -0.4 is 10.6 Å². The minimum absolute atomic E-state index is 0.107. The van der Waals surface area contributed by atoms with Crippen molar-refractivity contribution in [2.45, 2.75) is 69.5 Å². The first-order chi connectivity index (χ1) is 9.14. The fourth-order valence-electron chi connectivity index (χ4n) is 4.07. The lowest BCUT2D eigenvalue weighted by Gasteiger charge is -2.51. The van der Waals surface area contributed by atoms with Gasteiger partial charge >= 0.3 is 6.03 Å². The fraction of sp³-hybridized carbons (Fsp3) is 0.857. The van der Waals surface area contributed by atoms with Crippen molar-refractivity contribution in [3.05, 3.63) is 0 Å². The summed E-state index contributed by atoms with van der Waals surface area (Å²) in [6.45, 7) is 3.35. The molecule has 0 unspecified atom stereocenters. The van der Waals surface area contributed by atoms with Crippen molar-refractivity contribution >= 4 is 11.9 Å². The van der Waals surface area contributed by atoms with E-state index in [0.717, 1.165) is 32.2 Å². The van der Waals surface area contributed by atoms with E-state index in [9.17, 15) is 9.59 Å². The van der Waals surface area contributed by atoms with Crippen LogP contribution in [-0.2, 0) is 4.79 Å². The van der Waals surface area contributed by atoms with E-state index in [-0.39, 0.29) is 11.9 Å². The standard InChI is InChI=1S/C14H23N3O2/c1-2-3-7-17-10-5-4-6-11(17)9-14(8-10)12(18)15-13(19)16-14/h10-11H,2-9H2,1H3,(H2,15,16,18,19)/t10-,11-/m1/s1. The van der Waals surface area contributed by atoms with Crippen molar-refractivity contribution < 1.29 is 9.59 Å². The molecule has 0 radical (unpaired) electrons. The predicted octanol–water partition coefficient (Wildman–Crippen LogP) is 1.38. The zero-order valence-electron chi connectivity index (χ0n) is 11.6. The summed E-state index contributed by atoms with van der Waals surface area (Å²) in [6, 6.07) is 0.608. The second kappa shape index (κ2) is 4.78. The molecule has 0 aromatic carbocycles. The molecule has 3 rings (SSSR count). The Bertz CT molecular complexity index is 382. The van der Waals surface area contributed by atoms with Gasteiger partial charge in [-0.2, -0.15) is 0 Å². The molecule has 3 aliphatic heterocycles. The number of unbranched alkanes of at least 4 members (excludes halogenated alkanes) is 1. The van der Waals surface area contributed by atoms with E-state index in [2.05, 4.69) is 22.5 Å². The molecule has 106 valence electrons. The van der Waals surface area contributed by atoms with Gasteiger partial charge in [-0.15, -0.1) is 0 Å². The SMILES string of the molecule is CCCCN1[C@@H]2CCC[C@@H]1CC1(C2)NC(=O)NC1=O. The van der Waals surface area contributed by atoms with E-state index in [4.69, 9.17) is 0 Å². The van der Waals surface area contributed by atoms with E-state index in [1.165, 1.54) is 19.3 Å². The maximum atomic E-state index is 12.1. The van der Waals surface area contributed by atoms with E-state index in [0.29, 0.717) is 12.1 Å². The van der Waals surface area contributed by atoms with Crippen LogP contribution in [0, 0.1) is 0 Å². The van der Waals surface area contributed by atoms with E-state index in [1.54, 1.807) is 0 Å². The number of urea groups is 1. The molecule has 3 heterocycles. The van der Waals surface area contributed by atoms with Crippen molar-refractivity contribution in [1.82, 2.24) is 15.5 Å². The monoisotopic (exact) mass is 265 g/mol. The van der Waals surface area contributed by atoms with Gasteiger partial charge in [-0.1, -0.05) is 19.8 Å². The van der Waals surface area contributed by atoms with Gasteiger partial charge in [0.1, 0.15) is 5.54 Å². The summed E-state index contributed by atoms with van der Waals surface area (Å²) in [7, 11) is 0. The molecule has 0 aliphatic carbocycles. The van der Waals surface area contributed by atoms with Crippen molar-refractivity contribution in [2.24, 2.45) is 0 Å². The number of carbonyl (C=O) groups is 2. The molecule has 19 heavy (non-hydrogen) atoms. The number of hydrogen-bond acceptors (Lipinski definition) is 3. The van der Waals surface area contributed by atoms with Crippen LogP contribution in [0.1, 0.15) is 51.9 Å². The Morgan fingerprint density at radius 3 is 2.47 bits per heavy atom. The highest BCUT2D eigenvalue weighted by Gasteiger charge is 2.54. The quantitative estimate of drug-likeness (QED) is 0.758. The van der Waals surface area contributed by atoms with Crippen LogP contribution in [0.15, 0.2) is 0 Å². The lowest BCUT2D eigenvalue weighted by Crippen LogP contribution is -2.63. The summed E-state index contributed by atoms with van der Waals surface area (Å²) in [4.78, 5) is 26.1. The summed E-state index contributed by atoms with van der Waals surface area (Å²) < 4.78 is 0. The highest BCUT2D eigenvalue weighted by atomic mass is 16.2. The van der Waals surface area contributed by atoms with Crippen molar-refractivity contribution in [3.63, 3.8) is 0 Å². The van der Waals surface area contributed by atoms with Gasteiger partial charge in [0.05, 0.1) is 0 Å². The van der Waals surface area contributed by atoms with Crippen molar-refractivity contribution in [1.29, 1.82) is 0 Å². The number of nitrogens with zero attached hydrogens (tertiary/aromatic N) is 1. The van der Waals surface area contributed by atoms with Gasteiger partial charge in [0.2, 0.25) is 0 Å². The second-order valence-electron chi connectivity index (χ2n) is 6.23. The summed E-state index contributed by atoms with van der Waals surface area (Å²) >= 11 is 0. The summed E-state index contributed by atoms with van der Waals surface area (Å²) in [6.07, 6.45) is 7.56. The normalized spacial score (nSPS) is 38.4. The average Bonchev–Trinajstić information content (AvgIpc) is 2.61. The van der Waals surface area contributed by atoms with Crippen LogP contribution in [0.2, 0.25) is 0 Å². The van der Waals surface area contributed by atoms with E-state index >= 15 is 0 Å². The molecule has 2 atom stereocenters. The second-order valence-corrected chi connectivity index (χ2v) is 6.23. The molecule has 0 aromatic rings. The lowest BCUT2D eigenvalue weighted by atomic mass is 9.73. The third kappa shape index (κ3) is 2.14. The van der Waals surface area contributed by atoms with Gasteiger partial charge in [-0.25, -0.2) is 4.79 Å². The first kappa shape index (κ1) is 12.9. The fourth-order valence-corrected chi connectivity index (χ4v) is 4.07. The molecule has 1 spiro atoms. The zero-order valence-corrected chi connectivity index (χ0v) is 11.6. The molecule has 3 fully saturated rings. The molecule has 2 bridgehead atoms. The molecule has 3 aliphatic rings. The lowest BCUT2D eigenvalue weighted by molar-refractivity contribution is -0.129. The molecule has 5 nitrogen and oxygen atoms in total. The maximum absolute atomic E-state index is 12.1. The Morgan fingerprint density at radius 2 is 1.95 bits per heavy atom. The van der Waals surface area contributed by atoms with E-state index < -0.39 is 5.54 Å². The third-order valence-corrected chi connectivity index (χ3v) is 4.97. The number of rotatable bonds is 3. The Hall–Kier alpha value is -1.10. The highest BCUT2D eigenvalue weighted by molar-refractivity contribution is 6.07. The molecule has 2 N–H and O–H groups in total. The van der Waals surface area contributed by atoms with Gasteiger partial charge in [0.15, 0.2) is 0 Å². The van der Waals surface area contributed by atoms with Gasteiger partial charge in [-0.05, 0) is 38.6 Å². The predicted molar refractivity (Wildman–Crippen MR) is 71.7 cm³/mol. The number of piperidine rings is 2. The smallest absolute Gasteiger partial charge is 0.322 e. The minimum Gasteiger partial charge on any atom is -0.323 e. The first-order valence-electron chi connectivity index (χ1n) is 7.54. The number of imide groups is 1. The Labute approximate surface area is 114 Å². The van der Waals surface area contributed by atoms with Crippen LogP contribution in [-0.4, -0.2) is 41.0 Å². The molecule has 5 heteroatoms. The van der Waals surface area contributed by atoms with Gasteiger partial charge in [0.25, 0.3) is 5.91 Å². The van der Waals surface area contributed by atoms with Crippen molar-refractivity contribution in [3.8, 4) is 0 Å². The minimum atomic E-state index is -0.616. The molecule has 0 aromatic heterocycles. The van der Waals surface area contributed by atoms with Gasteiger partial charge in [-0.3, -0.25) is 15.0 Å². The summed E-state index contributed by atoms with van der Waals surface area (Å²) in [5.41, 5.74) is -0.616. The van der Waals surface area contributed by atoms with Crippen molar-refractivity contribution in [2.75, 3.05) is 6.54 Å². The Kier molecular flexibility index (Phi) is 3.25. The van der Waals surface area contributed by atoms with Crippen LogP contribution in [0.3, 0.4) is 0 Å². The van der Waals surface area contributed by atoms with Crippen LogP contribution >= 0.6 is 0 Å². The number of amides is 3. The number of carbonyl (C=O) groups excluding carboxylic acids is 2. The van der Waals surface area contributed by atoms with Gasteiger partial charge in [0, 0.05) is 12.1 Å². The van der Waals surface area contributed by atoms with Gasteiger partial charge < -0.3 is 5.32 Å². The first-order valence-corrected chi connectivity index (χ1v) is 7.54.